The van der Waals surface area contributed by atoms with Gasteiger partial charge in [-0.05, 0) is 99.1 Å². The van der Waals surface area contributed by atoms with Crippen LogP contribution in [0, 0.1) is 33.6 Å². The fraction of sp³-hybridized carbons (Fsp3) is 0.281. The molecular formula is C32H35N5OS. The maximum atomic E-state index is 12.3. The fourth-order valence-electron chi connectivity index (χ4n) is 5.44. The Bertz CT molecular complexity index is 1540. The summed E-state index contributed by atoms with van der Waals surface area (Å²) in [5.41, 5.74) is 9.61. The van der Waals surface area contributed by atoms with Crippen molar-refractivity contribution < 1.29 is 4.79 Å². The van der Waals surface area contributed by atoms with E-state index in [1.807, 2.05) is 57.3 Å². The molecule has 0 saturated carbocycles. The number of thiocarbonyl (C=S) groups is 1. The quantitative estimate of drug-likeness (QED) is 0.263. The highest BCUT2D eigenvalue weighted by atomic mass is 32.1. The van der Waals surface area contributed by atoms with Gasteiger partial charge in [0.25, 0.3) is 0 Å². The first-order valence-electron chi connectivity index (χ1n) is 13.3. The van der Waals surface area contributed by atoms with Crippen molar-refractivity contribution in [3.63, 3.8) is 0 Å². The molecule has 2 aromatic heterocycles. The standard InChI is InChI=1S/C32H35N5OS/c1-19(2)31(38)34-26-15-14-24(17-21(26)4)37-30(29(35-32(37)39)27-12-9-10-16-33-27)25-18-22(5)36(23(25)6)28-13-8-7-11-20(28)3/h7-19,29-30H,1-6H3,(H,34,38)(H,35,39)/t29-,30+/m0/s1. The Balaban J connectivity index is 1.63. The van der Waals surface area contributed by atoms with E-state index in [0.717, 1.165) is 28.3 Å². The number of pyridine rings is 1. The van der Waals surface area contributed by atoms with Crippen LogP contribution in [0.5, 0.6) is 0 Å². The summed E-state index contributed by atoms with van der Waals surface area (Å²) < 4.78 is 2.33. The van der Waals surface area contributed by atoms with E-state index in [1.54, 1.807) is 0 Å². The first-order valence-corrected chi connectivity index (χ1v) is 13.7. The largest absolute Gasteiger partial charge is 0.351 e. The molecule has 5 rings (SSSR count). The minimum absolute atomic E-state index is 0.000878. The number of carbonyl (C=O) groups is 1. The molecule has 1 amide bonds. The summed E-state index contributed by atoms with van der Waals surface area (Å²) >= 11 is 5.96. The third-order valence-electron chi connectivity index (χ3n) is 7.51. The summed E-state index contributed by atoms with van der Waals surface area (Å²) in [7, 11) is 0. The number of hydrogen-bond donors (Lipinski definition) is 2. The number of hydrogen-bond acceptors (Lipinski definition) is 3. The molecule has 1 aliphatic rings. The second kappa shape index (κ2) is 10.7. The van der Waals surface area contributed by atoms with Gasteiger partial charge in [0.15, 0.2) is 5.11 Å². The molecule has 2 atom stereocenters. The third-order valence-corrected chi connectivity index (χ3v) is 7.83. The van der Waals surface area contributed by atoms with Crippen molar-refractivity contribution in [1.29, 1.82) is 0 Å². The molecule has 200 valence electrons. The Morgan fingerprint density at radius 2 is 1.72 bits per heavy atom. The van der Waals surface area contributed by atoms with Crippen LogP contribution in [-0.4, -0.2) is 20.6 Å². The number of rotatable bonds is 6. The van der Waals surface area contributed by atoms with Gasteiger partial charge >= 0.3 is 0 Å². The van der Waals surface area contributed by atoms with E-state index < -0.39 is 0 Å². The minimum atomic E-state index is -0.134. The molecule has 1 fully saturated rings. The van der Waals surface area contributed by atoms with E-state index in [0.29, 0.717) is 5.11 Å². The topological polar surface area (TPSA) is 62.2 Å². The maximum absolute atomic E-state index is 12.3. The Hall–Kier alpha value is -3.97. The number of aryl methyl sites for hydroxylation is 3. The molecule has 1 saturated heterocycles. The molecule has 4 aromatic rings. The van der Waals surface area contributed by atoms with Crippen molar-refractivity contribution in [2.45, 2.75) is 53.6 Å². The number of amides is 1. The van der Waals surface area contributed by atoms with E-state index in [9.17, 15) is 4.79 Å². The van der Waals surface area contributed by atoms with Gasteiger partial charge in [-0.15, -0.1) is 0 Å². The van der Waals surface area contributed by atoms with Crippen LogP contribution in [-0.2, 0) is 4.79 Å². The van der Waals surface area contributed by atoms with Crippen LogP contribution in [0.4, 0.5) is 11.4 Å². The molecule has 3 heterocycles. The Kier molecular flexibility index (Phi) is 7.28. The molecule has 7 heteroatoms. The number of aromatic nitrogens is 2. The first kappa shape index (κ1) is 26.6. The number of carbonyl (C=O) groups excluding carboxylic acids is 1. The first-order chi connectivity index (χ1) is 18.7. The predicted molar refractivity (Wildman–Crippen MR) is 163 cm³/mol. The maximum Gasteiger partial charge on any atom is 0.226 e. The molecule has 1 aliphatic heterocycles. The lowest BCUT2D eigenvalue weighted by Crippen LogP contribution is -2.29. The average Bonchev–Trinajstić information content (AvgIpc) is 3.41. The van der Waals surface area contributed by atoms with Crippen LogP contribution in [0.25, 0.3) is 5.69 Å². The number of para-hydroxylation sites is 1. The van der Waals surface area contributed by atoms with Crippen LogP contribution >= 0.6 is 12.2 Å². The van der Waals surface area contributed by atoms with Gasteiger partial charge in [-0.3, -0.25) is 9.78 Å². The van der Waals surface area contributed by atoms with Gasteiger partial charge in [-0.1, -0.05) is 38.1 Å². The lowest BCUT2D eigenvalue weighted by Gasteiger charge is -2.29. The van der Waals surface area contributed by atoms with Crippen LogP contribution in [0.2, 0.25) is 0 Å². The summed E-state index contributed by atoms with van der Waals surface area (Å²) in [5, 5.41) is 7.26. The Labute approximate surface area is 236 Å². The van der Waals surface area contributed by atoms with E-state index in [2.05, 4.69) is 77.3 Å². The highest BCUT2D eigenvalue weighted by Gasteiger charge is 2.42. The SMILES string of the molecule is Cc1cc(N2C(=S)N[C@@H](c3ccccn3)[C@H]2c2cc(C)n(-c3ccccc3C)c2C)ccc1NC(=O)C(C)C. The van der Waals surface area contributed by atoms with Crippen LogP contribution in [0.1, 0.15) is 59.7 Å². The molecular weight excluding hydrogens is 502 g/mol. The second-order valence-electron chi connectivity index (χ2n) is 10.6. The van der Waals surface area contributed by atoms with Crippen LogP contribution in [0.3, 0.4) is 0 Å². The van der Waals surface area contributed by atoms with Gasteiger partial charge in [-0.25, -0.2) is 0 Å². The summed E-state index contributed by atoms with van der Waals surface area (Å²) in [6.07, 6.45) is 1.83. The second-order valence-corrected chi connectivity index (χ2v) is 11.0. The molecule has 0 spiro atoms. The minimum Gasteiger partial charge on any atom is -0.351 e. The smallest absolute Gasteiger partial charge is 0.226 e. The zero-order valence-electron chi connectivity index (χ0n) is 23.3. The zero-order valence-corrected chi connectivity index (χ0v) is 24.1. The van der Waals surface area contributed by atoms with Crippen LogP contribution < -0.4 is 15.5 Å². The molecule has 0 bridgehead atoms. The fourth-order valence-corrected chi connectivity index (χ4v) is 5.78. The van der Waals surface area contributed by atoms with E-state index in [4.69, 9.17) is 17.2 Å². The Morgan fingerprint density at radius 3 is 2.38 bits per heavy atom. The van der Waals surface area contributed by atoms with Crippen molar-refractivity contribution in [2.75, 3.05) is 10.2 Å². The van der Waals surface area contributed by atoms with Crippen molar-refractivity contribution in [3.05, 3.63) is 107 Å². The highest BCUT2D eigenvalue weighted by molar-refractivity contribution is 7.80. The van der Waals surface area contributed by atoms with Crippen molar-refractivity contribution in [1.82, 2.24) is 14.9 Å². The monoisotopic (exact) mass is 537 g/mol. The van der Waals surface area contributed by atoms with Crippen molar-refractivity contribution >= 4 is 34.6 Å². The molecule has 39 heavy (non-hydrogen) atoms. The summed E-state index contributed by atoms with van der Waals surface area (Å²) in [5.74, 6) is -0.0904. The lowest BCUT2D eigenvalue weighted by atomic mass is 9.96. The lowest BCUT2D eigenvalue weighted by molar-refractivity contribution is -0.118. The van der Waals surface area contributed by atoms with Gasteiger partial charge in [0.05, 0.1) is 17.8 Å². The number of nitrogens with one attached hydrogen (secondary N) is 2. The van der Waals surface area contributed by atoms with Gasteiger partial charge < -0.3 is 20.1 Å². The Morgan fingerprint density at radius 1 is 0.974 bits per heavy atom. The van der Waals surface area contributed by atoms with E-state index >= 15 is 0 Å². The number of nitrogens with zero attached hydrogens (tertiary/aromatic N) is 3. The van der Waals surface area contributed by atoms with E-state index in [-0.39, 0.29) is 23.9 Å². The molecule has 6 nitrogen and oxygen atoms in total. The molecule has 0 radical (unpaired) electrons. The summed E-state index contributed by atoms with van der Waals surface area (Å²) in [6.45, 7) is 12.3. The van der Waals surface area contributed by atoms with E-state index in [1.165, 1.54) is 22.5 Å². The predicted octanol–water partition coefficient (Wildman–Crippen LogP) is 6.88. The average molecular weight is 538 g/mol. The van der Waals surface area contributed by atoms with Crippen molar-refractivity contribution in [2.24, 2.45) is 5.92 Å². The van der Waals surface area contributed by atoms with Gasteiger partial charge in [0.2, 0.25) is 5.91 Å². The highest BCUT2D eigenvalue weighted by Crippen LogP contribution is 2.44. The van der Waals surface area contributed by atoms with Gasteiger partial charge in [0, 0.05) is 40.6 Å². The number of anilines is 2. The van der Waals surface area contributed by atoms with Gasteiger partial charge in [-0.2, -0.15) is 0 Å². The molecule has 0 unspecified atom stereocenters. The van der Waals surface area contributed by atoms with Crippen LogP contribution in [0.15, 0.2) is 72.9 Å². The van der Waals surface area contributed by atoms with Gasteiger partial charge in [0.1, 0.15) is 0 Å². The zero-order chi connectivity index (χ0) is 27.8. The summed E-state index contributed by atoms with van der Waals surface area (Å²) in [6, 6.07) is 22.6. The summed E-state index contributed by atoms with van der Waals surface area (Å²) in [4.78, 5) is 19.2. The normalized spacial score (nSPS) is 17.0. The van der Waals surface area contributed by atoms with Crippen molar-refractivity contribution in [3.8, 4) is 5.69 Å². The third kappa shape index (κ3) is 4.94. The number of benzene rings is 2. The molecule has 2 aromatic carbocycles. The molecule has 0 aliphatic carbocycles. The molecule has 2 N–H and O–H groups in total.